The zero-order valence-corrected chi connectivity index (χ0v) is 14.4. The number of nitriles is 1. The average molecular weight is 313 g/mol. The van der Waals surface area contributed by atoms with Gasteiger partial charge in [0.15, 0.2) is 0 Å². The van der Waals surface area contributed by atoms with Crippen LogP contribution >= 0.6 is 0 Å². The summed E-state index contributed by atoms with van der Waals surface area (Å²) in [4.78, 5) is 0. The van der Waals surface area contributed by atoms with Crippen LogP contribution in [0, 0.1) is 17.2 Å². The maximum Gasteiger partial charge on any atom is 0.498 e. The fourth-order valence-electron chi connectivity index (χ4n) is 3.34. The third-order valence-corrected chi connectivity index (χ3v) is 6.05. The average Bonchev–Trinajstić information content (AvgIpc) is 3.01. The molecule has 5 nitrogen and oxygen atoms in total. The quantitative estimate of drug-likeness (QED) is 0.805. The first kappa shape index (κ1) is 15.2. The maximum atomic E-state index is 9.19. The van der Waals surface area contributed by atoms with Crippen LogP contribution in [0.5, 0.6) is 0 Å². The molecule has 1 aromatic heterocycles. The number of hydrogen-bond donors (Lipinski definition) is 0. The van der Waals surface area contributed by atoms with Gasteiger partial charge in [-0.1, -0.05) is 0 Å². The zero-order chi connectivity index (χ0) is 16.4. The van der Waals surface area contributed by atoms with Gasteiger partial charge in [-0.2, -0.15) is 10.4 Å². The van der Waals surface area contributed by atoms with Gasteiger partial charge in [0, 0.05) is 17.6 Å². The van der Waals surface area contributed by atoms with Gasteiger partial charge < -0.3 is 9.31 Å². The molecule has 1 aliphatic heterocycles. The number of aromatic nitrogens is 2. The van der Waals surface area contributed by atoms with E-state index in [1.807, 2.05) is 0 Å². The molecular formula is C17H24BN3O2. The first-order chi connectivity index (χ1) is 10.8. The Bertz CT molecular complexity index is 656. The van der Waals surface area contributed by atoms with Crippen LogP contribution in [0.4, 0.5) is 0 Å². The number of nitrogens with zero attached hydrogens (tertiary/aromatic N) is 3. The maximum absolute atomic E-state index is 9.19. The Morgan fingerprint density at radius 2 is 1.91 bits per heavy atom. The van der Waals surface area contributed by atoms with Crippen LogP contribution in [0.25, 0.3) is 0 Å². The fourth-order valence-corrected chi connectivity index (χ4v) is 3.34. The summed E-state index contributed by atoms with van der Waals surface area (Å²) in [5, 5.41) is 14.0. The van der Waals surface area contributed by atoms with E-state index < -0.39 is 0 Å². The normalized spacial score (nSPS) is 31.7. The summed E-state index contributed by atoms with van der Waals surface area (Å²) in [6.45, 7) is 8.27. The Balaban J connectivity index is 1.67. The summed E-state index contributed by atoms with van der Waals surface area (Å²) in [7, 11) is -0.385. The summed E-state index contributed by atoms with van der Waals surface area (Å²) >= 11 is 0. The highest BCUT2D eigenvalue weighted by Crippen LogP contribution is 2.47. The van der Waals surface area contributed by atoms with Crippen molar-refractivity contribution in [2.24, 2.45) is 5.92 Å². The molecule has 0 unspecified atom stereocenters. The molecule has 0 aromatic carbocycles. The highest BCUT2D eigenvalue weighted by Gasteiger charge is 2.54. The van der Waals surface area contributed by atoms with E-state index in [1.165, 1.54) is 19.3 Å². The Morgan fingerprint density at radius 1 is 1.26 bits per heavy atom. The molecule has 2 aliphatic carbocycles. The van der Waals surface area contributed by atoms with Gasteiger partial charge in [0.2, 0.25) is 0 Å². The van der Waals surface area contributed by atoms with Crippen molar-refractivity contribution in [2.75, 3.05) is 0 Å². The molecule has 0 spiro atoms. The minimum Gasteiger partial charge on any atom is -0.399 e. The van der Waals surface area contributed by atoms with Crippen molar-refractivity contribution < 1.29 is 9.31 Å². The smallest absolute Gasteiger partial charge is 0.399 e. The van der Waals surface area contributed by atoms with Crippen molar-refractivity contribution in [1.82, 2.24) is 9.78 Å². The van der Waals surface area contributed by atoms with E-state index in [0.29, 0.717) is 6.04 Å². The van der Waals surface area contributed by atoms with Gasteiger partial charge in [0.25, 0.3) is 0 Å². The monoisotopic (exact) mass is 313 g/mol. The van der Waals surface area contributed by atoms with E-state index in [-0.39, 0.29) is 30.2 Å². The molecule has 0 amide bonds. The summed E-state index contributed by atoms with van der Waals surface area (Å²) < 4.78 is 14.5. The van der Waals surface area contributed by atoms with Crippen molar-refractivity contribution in [1.29, 1.82) is 5.26 Å². The van der Waals surface area contributed by atoms with Crippen LogP contribution in [0.2, 0.25) is 0 Å². The summed E-state index contributed by atoms with van der Waals surface area (Å²) in [5.74, 6) is 0.344. The molecule has 1 saturated heterocycles. The van der Waals surface area contributed by atoms with E-state index in [2.05, 4.69) is 44.6 Å². The third-order valence-electron chi connectivity index (χ3n) is 6.05. The lowest BCUT2D eigenvalue weighted by molar-refractivity contribution is 0.00578. The molecule has 1 aromatic rings. The Morgan fingerprint density at radius 3 is 2.39 bits per heavy atom. The van der Waals surface area contributed by atoms with Crippen LogP contribution in [-0.4, -0.2) is 28.1 Å². The fraction of sp³-hybridized carbons (Fsp3) is 0.765. The molecular weight excluding hydrogens is 289 g/mol. The van der Waals surface area contributed by atoms with Gasteiger partial charge in [0.1, 0.15) is 0 Å². The van der Waals surface area contributed by atoms with Crippen LogP contribution < -0.4 is 5.46 Å². The lowest BCUT2D eigenvalue weighted by atomic mass is 9.78. The van der Waals surface area contributed by atoms with Crippen LogP contribution in [0.1, 0.15) is 71.0 Å². The van der Waals surface area contributed by atoms with Crippen LogP contribution in [0.3, 0.4) is 0 Å². The lowest BCUT2D eigenvalue weighted by Crippen LogP contribution is -2.41. The molecule has 3 aliphatic rings. The van der Waals surface area contributed by atoms with Crippen LogP contribution in [-0.2, 0) is 9.31 Å². The van der Waals surface area contributed by atoms with Gasteiger partial charge in [-0.15, -0.1) is 0 Å². The van der Waals surface area contributed by atoms with Crippen molar-refractivity contribution in [3.8, 4) is 6.07 Å². The summed E-state index contributed by atoms with van der Waals surface area (Å²) in [6.07, 6.45) is 6.67. The van der Waals surface area contributed by atoms with E-state index in [1.54, 1.807) is 0 Å². The first-order valence-electron chi connectivity index (χ1n) is 8.66. The molecule has 4 rings (SSSR count). The highest BCUT2D eigenvalue weighted by atomic mass is 16.7. The summed E-state index contributed by atoms with van der Waals surface area (Å²) in [5.41, 5.74) is 1.33. The predicted octanol–water partition coefficient (Wildman–Crippen LogP) is 2.53. The second-order valence-corrected chi connectivity index (χ2v) is 8.20. The topological polar surface area (TPSA) is 60.1 Å². The van der Waals surface area contributed by atoms with Crippen molar-refractivity contribution in [3.05, 3.63) is 11.9 Å². The molecule has 0 N–H and O–H groups in total. The zero-order valence-electron chi connectivity index (χ0n) is 14.4. The molecule has 0 bridgehead atoms. The standard InChI is InChI=1S/C17H24BN3O2/c1-16(2)17(3,4)23-18(22-16)14-10-21(12-6-5-7-12)20-15(14)13-8-11(13)9-19/h10-13H,5-8H2,1-4H3/t11-,13+/m1/s1. The Kier molecular flexibility index (Phi) is 3.21. The molecule has 2 atom stereocenters. The first-order valence-corrected chi connectivity index (χ1v) is 8.66. The Labute approximate surface area is 138 Å². The van der Waals surface area contributed by atoms with Gasteiger partial charge >= 0.3 is 7.12 Å². The molecule has 2 saturated carbocycles. The predicted molar refractivity (Wildman–Crippen MR) is 87.3 cm³/mol. The SMILES string of the molecule is CC1(C)OB(c2cn(C3CCC3)nc2[C@H]2C[C@@H]2C#N)OC1(C)C. The van der Waals surface area contributed by atoms with E-state index in [9.17, 15) is 5.26 Å². The molecule has 122 valence electrons. The van der Waals surface area contributed by atoms with E-state index >= 15 is 0 Å². The van der Waals surface area contributed by atoms with E-state index in [4.69, 9.17) is 14.4 Å². The van der Waals surface area contributed by atoms with Crippen molar-refractivity contribution in [3.63, 3.8) is 0 Å². The van der Waals surface area contributed by atoms with Gasteiger partial charge in [-0.25, -0.2) is 0 Å². The highest BCUT2D eigenvalue weighted by molar-refractivity contribution is 6.62. The lowest BCUT2D eigenvalue weighted by Gasteiger charge is -2.32. The number of hydrogen-bond acceptors (Lipinski definition) is 4. The molecule has 2 heterocycles. The largest absolute Gasteiger partial charge is 0.498 e. The second kappa shape index (κ2) is 4.84. The number of rotatable bonds is 3. The molecule has 0 radical (unpaired) electrons. The van der Waals surface area contributed by atoms with Gasteiger partial charge in [-0.3, -0.25) is 4.68 Å². The minimum absolute atomic E-state index is 0.0981. The second-order valence-electron chi connectivity index (χ2n) is 8.20. The van der Waals surface area contributed by atoms with Gasteiger partial charge in [-0.05, 0) is 53.4 Å². The van der Waals surface area contributed by atoms with Crippen molar-refractivity contribution >= 4 is 12.6 Å². The third kappa shape index (κ3) is 2.33. The molecule has 3 fully saturated rings. The Hall–Kier alpha value is -1.32. The van der Waals surface area contributed by atoms with Crippen LogP contribution in [0.15, 0.2) is 6.20 Å². The van der Waals surface area contributed by atoms with Crippen molar-refractivity contribution in [2.45, 2.75) is 76.5 Å². The summed E-state index contributed by atoms with van der Waals surface area (Å²) in [6, 6.07) is 2.88. The van der Waals surface area contributed by atoms with Gasteiger partial charge in [0.05, 0.1) is 34.9 Å². The molecule has 6 heteroatoms. The van der Waals surface area contributed by atoms with E-state index in [0.717, 1.165) is 17.6 Å². The molecule has 23 heavy (non-hydrogen) atoms. The minimum atomic E-state index is -0.385.